The molecule has 0 N–H and O–H groups in total. The van der Waals surface area contributed by atoms with Gasteiger partial charge in [0.2, 0.25) is 0 Å². The topological polar surface area (TPSA) is 17.1 Å². The van der Waals surface area contributed by atoms with Crippen LogP contribution < -0.4 is 0 Å². The van der Waals surface area contributed by atoms with Crippen molar-refractivity contribution in [3.05, 3.63) is 33.8 Å². The Balaban J connectivity index is 3.33. The van der Waals surface area contributed by atoms with Gasteiger partial charge in [-0.1, -0.05) is 33.6 Å². The van der Waals surface area contributed by atoms with E-state index in [0.29, 0.717) is 10.4 Å². The average molecular weight is 262 g/mol. The number of carbonyl (C=O) groups is 1. The Morgan fingerprint density at radius 1 is 1.46 bits per heavy atom. The van der Waals surface area contributed by atoms with Gasteiger partial charge in [0.1, 0.15) is 0 Å². The van der Waals surface area contributed by atoms with Crippen molar-refractivity contribution in [2.75, 3.05) is 5.33 Å². The van der Waals surface area contributed by atoms with Crippen LogP contribution in [0, 0.1) is 13.8 Å². The van der Waals surface area contributed by atoms with E-state index in [0.717, 1.165) is 16.7 Å². The second-order valence-corrected chi connectivity index (χ2v) is 3.89. The van der Waals surface area contributed by atoms with Crippen LogP contribution in [-0.2, 0) is 0 Å². The summed E-state index contributed by atoms with van der Waals surface area (Å²) in [5, 5.41) is 0.990. The molecule has 0 aliphatic heterocycles. The molecule has 0 aromatic heterocycles. The van der Waals surface area contributed by atoms with E-state index in [-0.39, 0.29) is 5.78 Å². The maximum atomic E-state index is 11.5. The Labute approximate surface area is 91.2 Å². The van der Waals surface area contributed by atoms with Gasteiger partial charge in [0.25, 0.3) is 0 Å². The molecule has 0 aliphatic rings. The lowest BCUT2D eigenvalue weighted by Crippen LogP contribution is -2.05. The fourth-order valence-corrected chi connectivity index (χ4v) is 1.76. The number of Topliss-reactive ketones (excluding diaryl/α,β-unsaturated/α-hetero) is 1. The van der Waals surface area contributed by atoms with E-state index >= 15 is 0 Å². The molecule has 0 amide bonds. The molecule has 0 atom stereocenters. The first kappa shape index (κ1) is 10.7. The number of aryl methyl sites for hydroxylation is 1. The molecular formula is C10H10BrClO. The molecule has 1 rings (SSSR count). The van der Waals surface area contributed by atoms with E-state index < -0.39 is 0 Å². The van der Waals surface area contributed by atoms with Gasteiger partial charge in [-0.25, -0.2) is 0 Å². The third kappa shape index (κ3) is 2.12. The van der Waals surface area contributed by atoms with Gasteiger partial charge in [-0.2, -0.15) is 0 Å². The average Bonchev–Trinajstić information content (AvgIpc) is 2.12. The third-order valence-electron chi connectivity index (χ3n) is 2.01. The van der Waals surface area contributed by atoms with Crippen molar-refractivity contribution in [2.45, 2.75) is 13.8 Å². The number of hydrogen-bond donors (Lipinski definition) is 0. The number of halogens is 2. The lowest BCUT2D eigenvalue weighted by atomic mass is 10.00. The van der Waals surface area contributed by atoms with Crippen LogP contribution in [0.1, 0.15) is 21.5 Å². The van der Waals surface area contributed by atoms with Crippen molar-refractivity contribution in [2.24, 2.45) is 0 Å². The third-order valence-corrected chi connectivity index (χ3v) is 2.93. The standard InChI is InChI=1S/C10H10BrClO/c1-6-3-4-8(12)7(2)10(6)9(13)5-11/h3-4H,5H2,1-2H3. The lowest BCUT2D eigenvalue weighted by molar-refractivity contribution is 0.102. The molecule has 0 fully saturated rings. The van der Waals surface area contributed by atoms with Gasteiger partial charge >= 0.3 is 0 Å². The summed E-state index contributed by atoms with van der Waals surface area (Å²) in [5.41, 5.74) is 2.59. The van der Waals surface area contributed by atoms with Crippen molar-refractivity contribution in [3.63, 3.8) is 0 Å². The van der Waals surface area contributed by atoms with Gasteiger partial charge in [0.05, 0.1) is 5.33 Å². The summed E-state index contributed by atoms with van der Waals surface area (Å²) in [6, 6.07) is 3.68. The van der Waals surface area contributed by atoms with Gasteiger partial charge in [-0.3, -0.25) is 4.79 Å². The van der Waals surface area contributed by atoms with Crippen LogP contribution in [0.5, 0.6) is 0 Å². The molecular weight excluding hydrogens is 251 g/mol. The molecule has 13 heavy (non-hydrogen) atoms. The Morgan fingerprint density at radius 3 is 2.62 bits per heavy atom. The largest absolute Gasteiger partial charge is 0.293 e. The highest BCUT2D eigenvalue weighted by atomic mass is 79.9. The van der Waals surface area contributed by atoms with Crippen LogP contribution >= 0.6 is 27.5 Å². The summed E-state index contributed by atoms with van der Waals surface area (Å²) in [5.74, 6) is 0.0810. The van der Waals surface area contributed by atoms with Gasteiger partial charge in [-0.15, -0.1) is 0 Å². The highest BCUT2D eigenvalue weighted by molar-refractivity contribution is 9.09. The summed E-state index contributed by atoms with van der Waals surface area (Å²) in [7, 11) is 0. The molecule has 1 nitrogen and oxygen atoms in total. The number of alkyl halides is 1. The number of rotatable bonds is 2. The van der Waals surface area contributed by atoms with E-state index in [9.17, 15) is 4.79 Å². The van der Waals surface area contributed by atoms with E-state index in [1.54, 1.807) is 0 Å². The highest BCUT2D eigenvalue weighted by Crippen LogP contribution is 2.23. The molecule has 0 spiro atoms. The number of ketones is 1. The zero-order valence-electron chi connectivity index (χ0n) is 7.53. The Bertz CT molecular complexity index is 347. The van der Waals surface area contributed by atoms with Crippen molar-refractivity contribution in [1.82, 2.24) is 0 Å². The minimum absolute atomic E-state index is 0.0810. The van der Waals surface area contributed by atoms with Gasteiger partial charge in [0.15, 0.2) is 5.78 Å². The van der Waals surface area contributed by atoms with E-state index in [4.69, 9.17) is 11.6 Å². The van der Waals surface area contributed by atoms with Crippen LogP contribution in [0.3, 0.4) is 0 Å². The Hall–Kier alpha value is -0.340. The molecule has 3 heteroatoms. The smallest absolute Gasteiger partial charge is 0.173 e. The van der Waals surface area contributed by atoms with Gasteiger partial charge in [0, 0.05) is 10.6 Å². The van der Waals surface area contributed by atoms with Crippen molar-refractivity contribution in [1.29, 1.82) is 0 Å². The minimum Gasteiger partial charge on any atom is -0.293 e. The predicted molar refractivity (Wildman–Crippen MR) is 59.1 cm³/mol. The molecule has 0 bridgehead atoms. The first-order chi connectivity index (χ1) is 6.07. The van der Waals surface area contributed by atoms with Crippen LogP contribution in [0.15, 0.2) is 12.1 Å². The predicted octanol–water partition coefficient (Wildman–Crippen LogP) is 3.53. The molecule has 0 unspecified atom stereocenters. The maximum absolute atomic E-state index is 11.5. The van der Waals surface area contributed by atoms with E-state index in [2.05, 4.69) is 15.9 Å². The Morgan fingerprint density at radius 2 is 2.08 bits per heavy atom. The minimum atomic E-state index is 0.0810. The quantitative estimate of drug-likeness (QED) is 0.588. The van der Waals surface area contributed by atoms with Gasteiger partial charge < -0.3 is 0 Å². The summed E-state index contributed by atoms with van der Waals surface area (Å²) in [4.78, 5) is 11.5. The molecule has 1 aromatic rings. The van der Waals surface area contributed by atoms with Gasteiger partial charge in [-0.05, 0) is 31.0 Å². The summed E-state index contributed by atoms with van der Waals surface area (Å²) >= 11 is 9.07. The summed E-state index contributed by atoms with van der Waals surface area (Å²) in [6.45, 7) is 3.78. The van der Waals surface area contributed by atoms with E-state index in [1.165, 1.54) is 0 Å². The molecule has 0 aliphatic carbocycles. The highest BCUT2D eigenvalue weighted by Gasteiger charge is 2.12. The first-order valence-electron chi connectivity index (χ1n) is 3.92. The normalized spacial score (nSPS) is 10.2. The zero-order chi connectivity index (χ0) is 10.0. The Kier molecular flexibility index (Phi) is 3.51. The van der Waals surface area contributed by atoms with Crippen LogP contribution in [0.25, 0.3) is 0 Å². The fourth-order valence-electron chi connectivity index (χ4n) is 1.32. The summed E-state index contributed by atoms with van der Waals surface area (Å²) < 4.78 is 0. The number of carbonyl (C=O) groups excluding carboxylic acids is 1. The van der Waals surface area contributed by atoms with Crippen molar-refractivity contribution in [3.8, 4) is 0 Å². The molecule has 0 saturated heterocycles. The number of hydrogen-bond acceptors (Lipinski definition) is 1. The zero-order valence-corrected chi connectivity index (χ0v) is 9.87. The molecule has 0 radical (unpaired) electrons. The first-order valence-corrected chi connectivity index (χ1v) is 5.42. The second-order valence-electron chi connectivity index (χ2n) is 2.92. The number of benzene rings is 1. The monoisotopic (exact) mass is 260 g/mol. The molecule has 0 heterocycles. The molecule has 1 aromatic carbocycles. The van der Waals surface area contributed by atoms with Crippen LogP contribution in [0.2, 0.25) is 5.02 Å². The fraction of sp³-hybridized carbons (Fsp3) is 0.300. The molecule has 0 saturated carbocycles. The van der Waals surface area contributed by atoms with Crippen molar-refractivity contribution >= 4 is 33.3 Å². The van der Waals surface area contributed by atoms with Crippen LogP contribution in [0.4, 0.5) is 0 Å². The van der Waals surface area contributed by atoms with Crippen LogP contribution in [-0.4, -0.2) is 11.1 Å². The summed E-state index contributed by atoms with van der Waals surface area (Å²) in [6.07, 6.45) is 0. The molecule has 70 valence electrons. The second kappa shape index (κ2) is 4.25. The lowest BCUT2D eigenvalue weighted by Gasteiger charge is -2.08. The van der Waals surface area contributed by atoms with E-state index in [1.807, 2.05) is 26.0 Å². The van der Waals surface area contributed by atoms with Crippen molar-refractivity contribution < 1.29 is 4.79 Å². The SMILES string of the molecule is Cc1ccc(Cl)c(C)c1C(=O)CBr. The maximum Gasteiger partial charge on any atom is 0.173 e.